The van der Waals surface area contributed by atoms with Gasteiger partial charge in [0.15, 0.2) is 0 Å². The van der Waals surface area contributed by atoms with Crippen molar-refractivity contribution >= 4 is 5.95 Å². The zero-order chi connectivity index (χ0) is 13.1. The Hall–Kier alpha value is -2.30. The molecule has 0 amide bonds. The van der Waals surface area contributed by atoms with Gasteiger partial charge in [-0.25, -0.2) is 9.97 Å². The number of nitrogen functional groups attached to an aromatic ring is 1. The summed E-state index contributed by atoms with van der Waals surface area (Å²) in [6, 6.07) is 7.38. The molecule has 0 bridgehead atoms. The number of methoxy groups -OCH3 is 2. The molecule has 0 unspecified atom stereocenters. The van der Waals surface area contributed by atoms with Crippen molar-refractivity contribution in [1.29, 1.82) is 0 Å². The second kappa shape index (κ2) is 4.91. The van der Waals surface area contributed by atoms with Gasteiger partial charge in [0.2, 0.25) is 5.95 Å². The van der Waals surface area contributed by atoms with Gasteiger partial charge in [-0.15, -0.1) is 0 Å². The Labute approximate surface area is 106 Å². The minimum Gasteiger partial charge on any atom is -0.497 e. The van der Waals surface area contributed by atoms with Crippen molar-refractivity contribution in [3.05, 3.63) is 30.0 Å². The lowest BCUT2D eigenvalue weighted by atomic mass is 10.1. The van der Waals surface area contributed by atoms with Crippen LogP contribution in [0.2, 0.25) is 0 Å². The Bertz CT molecular complexity index is 550. The number of aromatic nitrogens is 2. The largest absolute Gasteiger partial charge is 0.497 e. The van der Waals surface area contributed by atoms with Crippen LogP contribution in [0.25, 0.3) is 11.3 Å². The molecule has 2 N–H and O–H groups in total. The zero-order valence-corrected chi connectivity index (χ0v) is 10.6. The summed E-state index contributed by atoms with van der Waals surface area (Å²) in [6.07, 6.45) is 0. The lowest BCUT2D eigenvalue weighted by molar-refractivity contribution is 0.404. The van der Waals surface area contributed by atoms with Crippen molar-refractivity contribution in [1.82, 2.24) is 9.97 Å². The fraction of sp³-hybridized carbons (Fsp3) is 0.231. The summed E-state index contributed by atoms with van der Waals surface area (Å²) in [5.41, 5.74) is 8.02. The Balaban J connectivity index is 2.60. The van der Waals surface area contributed by atoms with Crippen LogP contribution in [0.3, 0.4) is 0 Å². The molecule has 0 fully saturated rings. The van der Waals surface area contributed by atoms with E-state index in [0.717, 1.165) is 22.7 Å². The van der Waals surface area contributed by atoms with Crippen LogP contribution in [0.4, 0.5) is 5.95 Å². The molecule has 2 rings (SSSR count). The van der Waals surface area contributed by atoms with E-state index in [-0.39, 0.29) is 5.95 Å². The number of nitrogens with two attached hydrogens (primary N) is 1. The Morgan fingerprint density at radius 3 is 2.44 bits per heavy atom. The van der Waals surface area contributed by atoms with Gasteiger partial charge in [0.05, 0.1) is 19.9 Å². The number of benzene rings is 1. The molecule has 94 valence electrons. The zero-order valence-electron chi connectivity index (χ0n) is 10.6. The quantitative estimate of drug-likeness (QED) is 0.896. The number of nitrogens with zero attached hydrogens (tertiary/aromatic N) is 2. The van der Waals surface area contributed by atoms with Crippen LogP contribution in [0.5, 0.6) is 11.5 Å². The van der Waals surface area contributed by atoms with Crippen LogP contribution in [-0.2, 0) is 0 Å². The maximum atomic E-state index is 5.66. The number of hydrogen-bond acceptors (Lipinski definition) is 5. The van der Waals surface area contributed by atoms with E-state index in [1.54, 1.807) is 14.2 Å². The molecule has 5 heteroatoms. The predicted molar refractivity (Wildman–Crippen MR) is 69.7 cm³/mol. The number of rotatable bonds is 3. The van der Waals surface area contributed by atoms with Crippen LogP contribution in [-0.4, -0.2) is 24.2 Å². The molecule has 0 aliphatic carbocycles. The van der Waals surface area contributed by atoms with E-state index in [1.165, 1.54) is 0 Å². The van der Waals surface area contributed by atoms with Gasteiger partial charge in [0.1, 0.15) is 11.5 Å². The summed E-state index contributed by atoms with van der Waals surface area (Å²) >= 11 is 0. The Kier molecular flexibility index (Phi) is 3.32. The molecule has 1 aromatic carbocycles. The monoisotopic (exact) mass is 245 g/mol. The van der Waals surface area contributed by atoms with Crippen LogP contribution < -0.4 is 15.2 Å². The fourth-order valence-electron chi connectivity index (χ4n) is 1.74. The first-order valence-electron chi connectivity index (χ1n) is 5.47. The van der Waals surface area contributed by atoms with Gasteiger partial charge in [-0.2, -0.15) is 0 Å². The second-order valence-corrected chi connectivity index (χ2v) is 3.82. The van der Waals surface area contributed by atoms with Gasteiger partial charge in [-0.3, -0.25) is 0 Å². The average Bonchev–Trinajstić information content (AvgIpc) is 2.36. The molecular formula is C13H15N3O2. The first-order valence-corrected chi connectivity index (χ1v) is 5.47. The highest BCUT2D eigenvalue weighted by molar-refractivity contribution is 5.69. The minimum absolute atomic E-state index is 0.245. The lowest BCUT2D eigenvalue weighted by Crippen LogP contribution is -1.99. The lowest BCUT2D eigenvalue weighted by Gasteiger charge is -2.10. The van der Waals surface area contributed by atoms with Gasteiger partial charge < -0.3 is 15.2 Å². The highest BCUT2D eigenvalue weighted by Gasteiger charge is 2.10. The molecule has 0 spiro atoms. The van der Waals surface area contributed by atoms with Crippen molar-refractivity contribution in [3.63, 3.8) is 0 Å². The van der Waals surface area contributed by atoms with Crippen molar-refractivity contribution in [3.8, 4) is 22.8 Å². The molecule has 18 heavy (non-hydrogen) atoms. The summed E-state index contributed by atoms with van der Waals surface area (Å²) < 4.78 is 10.5. The van der Waals surface area contributed by atoms with Gasteiger partial charge in [-0.1, -0.05) is 0 Å². The third-order valence-corrected chi connectivity index (χ3v) is 2.55. The summed E-state index contributed by atoms with van der Waals surface area (Å²) in [6.45, 7) is 1.87. The van der Waals surface area contributed by atoms with E-state index < -0.39 is 0 Å². The summed E-state index contributed by atoms with van der Waals surface area (Å²) in [4.78, 5) is 8.27. The summed E-state index contributed by atoms with van der Waals surface area (Å²) in [7, 11) is 3.23. The molecule has 5 nitrogen and oxygen atoms in total. The topological polar surface area (TPSA) is 70.3 Å². The summed E-state index contributed by atoms with van der Waals surface area (Å²) in [5.74, 6) is 1.70. The third-order valence-electron chi connectivity index (χ3n) is 2.55. The normalized spacial score (nSPS) is 10.2. The van der Waals surface area contributed by atoms with Crippen molar-refractivity contribution in [2.75, 3.05) is 20.0 Å². The highest BCUT2D eigenvalue weighted by atomic mass is 16.5. The van der Waals surface area contributed by atoms with Crippen LogP contribution in [0.15, 0.2) is 24.3 Å². The van der Waals surface area contributed by atoms with Crippen molar-refractivity contribution < 1.29 is 9.47 Å². The van der Waals surface area contributed by atoms with E-state index in [4.69, 9.17) is 15.2 Å². The standard InChI is InChI=1S/C13H15N3O2/c1-8-6-11(16-13(14)15-8)10-7-9(17-2)4-5-12(10)18-3/h4-7H,1-3H3,(H2,14,15,16). The van der Waals surface area contributed by atoms with E-state index in [1.807, 2.05) is 31.2 Å². The first kappa shape index (κ1) is 12.2. The molecule has 0 radical (unpaired) electrons. The third kappa shape index (κ3) is 2.34. The molecule has 0 saturated heterocycles. The number of anilines is 1. The van der Waals surface area contributed by atoms with Gasteiger partial charge in [0.25, 0.3) is 0 Å². The highest BCUT2D eigenvalue weighted by Crippen LogP contribution is 2.32. The van der Waals surface area contributed by atoms with Crippen LogP contribution in [0, 0.1) is 6.92 Å². The molecule has 0 aliphatic heterocycles. The van der Waals surface area contributed by atoms with Gasteiger partial charge in [0, 0.05) is 11.3 Å². The van der Waals surface area contributed by atoms with E-state index in [9.17, 15) is 0 Å². The van der Waals surface area contributed by atoms with Crippen LogP contribution in [0.1, 0.15) is 5.69 Å². The molecular weight excluding hydrogens is 230 g/mol. The van der Waals surface area contributed by atoms with Gasteiger partial charge >= 0.3 is 0 Å². The second-order valence-electron chi connectivity index (χ2n) is 3.82. The minimum atomic E-state index is 0.245. The van der Waals surface area contributed by atoms with E-state index in [0.29, 0.717) is 5.75 Å². The maximum Gasteiger partial charge on any atom is 0.220 e. The van der Waals surface area contributed by atoms with E-state index >= 15 is 0 Å². The fourth-order valence-corrected chi connectivity index (χ4v) is 1.74. The molecule has 1 heterocycles. The maximum absolute atomic E-state index is 5.66. The molecule has 0 aliphatic rings. The Morgan fingerprint density at radius 1 is 1.06 bits per heavy atom. The number of hydrogen-bond donors (Lipinski definition) is 1. The Morgan fingerprint density at radius 2 is 1.83 bits per heavy atom. The summed E-state index contributed by atoms with van der Waals surface area (Å²) in [5, 5.41) is 0. The molecule has 1 aromatic heterocycles. The molecule has 2 aromatic rings. The molecule has 0 atom stereocenters. The smallest absolute Gasteiger partial charge is 0.220 e. The van der Waals surface area contributed by atoms with Gasteiger partial charge in [-0.05, 0) is 31.2 Å². The van der Waals surface area contributed by atoms with E-state index in [2.05, 4.69) is 9.97 Å². The van der Waals surface area contributed by atoms with Crippen LogP contribution >= 0.6 is 0 Å². The predicted octanol–water partition coefficient (Wildman–Crippen LogP) is 2.05. The van der Waals surface area contributed by atoms with Crippen molar-refractivity contribution in [2.45, 2.75) is 6.92 Å². The number of aryl methyl sites for hydroxylation is 1. The molecule has 0 saturated carbocycles. The first-order chi connectivity index (χ1) is 8.63. The average molecular weight is 245 g/mol. The van der Waals surface area contributed by atoms with Crippen molar-refractivity contribution in [2.24, 2.45) is 0 Å². The SMILES string of the molecule is COc1ccc(OC)c(-c2cc(C)nc(N)n2)c1. The number of ether oxygens (including phenoxy) is 2.